The van der Waals surface area contributed by atoms with Gasteiger partial charge in [-0.05, 0) is 43.4 Å². The minimum absolute atomic E-state index is 0.0252. The molecule has 0 unspecified atom stereocenters. The lowest BCUT2D eigenvalue weighted by molar-refractivity contribution is -0.143. The first-order valence-electron chi connectivity index (χ1n) is 7.86. The number of ether oxygens (including phenoxy) is 1. The Kier molecular flexibility index (Phi) is 4.05. The largest absolute Gasteiger partial charge is 0.497 e. The van der Waals surface area contributed by atoms with Crippen molar-refractivity contribution in [2.24, 2.45) is 5.41 Å². The van der Waals surface area contributed by atoms with Crippen molar-refractivity contribution in [3.05, 3.63) is 29.8 Å². The number of hydrogen-bond donors (Lipinski definition) is 1. The molecule has 0 atom stereocenters. The molecule has 1 N–H and O–H groups in total. The molecule has 118 valence electrons. The van der Waals surface area contributed by atoms with E-state index in [0.29, 0.717) is 19.4 Å². The smallest absolute Gasteiger partial charge is 0.238 e. The van der Waals surface area contributed by atoms with Crippen LogP contribution in [0.2, 0.25) is 0 Å². The van der Waals surface area contributed by atoms with Crippen LogP contribution in [0.1, 0.15) is 31.2 Å². The predicted molar refractivity (Wildman–Crippen MR) is 82.3 cm³/mol. The fourth-order valence-corrected chi connectivity index (χ4v) is 2.98. The molecule has 2 aliphatic rings. The van der Waals surface area contributed by atoms with Gasteiger partial charge in [-0.15, -0.1) is 0 Å². The van der Waals surface area contributed by atoms with Crippen LogP contribution in [0.5, 0.6) is 5.75 Å². The molecular weight excluding hydrogens is 280 g/mol. The molecule has 5 nitrogen and oxygen atoms in total. The summed E-state index contributed by atoms with van der Waals surface area (Å²) in [5.41, 5.74) is 0.218. The predicted octanol–water partition coefficient (Wildman–Crippen LogP) is 1.71. The molecule has 22 heavy (non-hydrogen) atoms. The first kappa shape index (κ1) is 14.9. The van der Waals surface area contributed by atoms with Crippen LogP contribution in [-0.2, 0) is 16.1 Å². The van der Waals surface area contributed by atoms with Gasteiger partial charge in [0.1, 0.15) is 11.2 Å². The Morgan fingerprint density at radius 2 is 1.82 bits per heavy atom. The molecule has 1 aliphatic heterocycles. The van der Waals surface area contributed by atoms with Crippen molar-refractivity contribution in [1.82, 2.24) is 10.2 Å². The Hall–Kier alpha value is -2.04. The summed E-state index contributed by atoms with van der Waals surface area (Å²) in [5, 5.41) is 2.92. The summed E-state index contributed by atoms with van der Waals surface area (Å²) in [6.07, 6.45) is 3.46. The van der Waals surface area contributed by atoms with E-state index in [1.165, 1.54) is 0 Å². The van der Waals surface area contributed by atoms with Gasteiger partial charge in [-0.2, -0.15) is 0 Å². The number of nitrogens with one attached hydrogen (secondary N) is 1. The molecule has 2 amide bonds. The Morgan fingerprint density at radius 3 is 2.36 bits per heavy atom. The van der Waals surface area contributed by atoms with Crippen LogP contribution >= 0.6 is 0 Å². The number of carbonyl (C=O) groups is 2. The van der Waals surface area contributed by atoms with Gasteiger partial charge in [0.25, 0.3) is 0 Å². The SMILES string of the molecule is COc1ccc(CNC(=O)C2(C(=O)N3CCCC3)CC2)cc1. The zero-order chi connectivity index (χ0) is 15.6. The summed E-state index contributed by atoms with van der Waals surface area (Å²) in [5.74, 6) is 0.690. The fraction of sp³-hybridized carbons (Fsp3) is 0.529. The monoisotopic (exact) mass is 302 g/mol. The van der Waals surface area contributed by atoms with E-state index in [4.69, 9.17) is 4.74 Å². The van der Waals surface area contributed by atoms with Gasteiger partial charge in [0.15, 0.2) is 0 Å². The Bertz CT molecular complexity index is 558. The summed E-state index contributed by atoms with van der Waals surface area (Å²) in [7, 11) is 1.62. The normalized spacial score (nSPS) is 18.9. The summed E-state index contributed by atoms with van der Waals surface area (Å²) in [4.78, 5) is 26.8. The number of nitrogens with zero attached hydrogens (tertiary/aromatic N) is 1. The summed E-state index contributed by atoms with van der Waals surface area (Å²) >= 11 is 0. The van der Waals surface area contributed by atoms with Crippen LogP contribution in [0.4, 0.5) is 0 Å². The van der Waals surface area contributed by atoms with E-state index in [2.05, 4.69) is 5.32 Å². The number of methoxy groups -OCH3 is 1. The van der Waals surface area contributed by atoms with Crippen molar-refractivity contribution in [2.75, 3.05) is 20.2 Å². The second-order valence-corrected chi connectivity index (χ2v) is 6.11. The average Bonchev–Trinajstić information content (AvgIpc) is 3.19. The molecule has 0 bridgehead atoms. The first-order chi connectivity index (χ1) is 10.7. The van der Waals surface area contributed by atoms with Crippen LogP contribution in [-0.4, -0.2) is 36.9 Å². The van der Waals surface area contributed by atoms with Crippen LogP contribution in [0.15, 0.2) is 24.3 Å². The third-order valence-corrected chi connectivity index (χ3v) is 4.60. The van der Waals surface area contributed by atoms with E-state index in [1.807, 2.05) is 29.2 Å². The molecule has 1 aromatic rings. The number of amides is 2. The Morgan fingerprint density at radius 1 is 1.18 bits per heavy atom. The number of carbonyl (C=O) groups excluding carboxylic acids is 2. The quantitative estimate of drug-likeness (QED) is 0.843. The standard InChI is InChI=1S/C17H22N2O3/c1-22-14-6-4-13(5-7-14)12-18-15(20)17(8-9-17)16(21)19-10-2-3-11-19/h4-7H,2-3,8-12H2,1H3,(H,18,20). The van der Waals surface area contributed by atoms with Gasteiger partial charge in [-0.3, -0.25) is 9.59 Å². The van der Waals surface area contributed by atoms with E-state index in [9.17, 15) is 9.59 Å². The molecule has 1 aromatic carbocycles. The van der Waals surface area contributed by atoms with Gasteiger partial charge in [-0.25, -0.2) is 0 Å². The topological polar surface area (TPSA) is 58.6 Å². The van der Waals surface area contributed by atoms with E-state index in [-0.39, 0.29) is 11.8 Å². The molecule has 5 heteroatoms. The van der Waals surface area contributed by atoms with Gasteiger partial charge in [0, 0.05) is 19.6 Å². The molecule has 1 heterocycles. The molecule has 1 saturated heterocycles. The number of likely N-dealkylation sites (tertiary alicyclic amines) is 1. The van der Waals surface area contributed by atoms with Crippen molar-refractivity contribution in [3.63, 3.8) is 0 Å². The first-order valence-corrected chi connectivity index (χ1v) is 7.86. The van der Waals surface area contributed by atoms with Gasteiger partial charge in [0.2, 0.25) is 11.8 Å². The molecule has 1 aliphatic carbocycles. The zero-order valence-corrected chi connectivity index (χ0v) is 12.9. The van der Waals surface area contributed by atoms with Gasteiger partial charge in [-0.1, -0.05) is 12.1 Å². The number of rotatable bonds is 5. The lowest BCUT2D eigenvalue weighted by Gasteiger charge is -2.22. The Labute approximate surface area is 130 Å². The van der Waals surface area contributed by atoms with Gasteiger partial charge >= 0.3 is 0 Å². The highest BCUT2D eigenvalue weighted by atomic mass is 16.5. The molecule has 3 rings (SSSR count). The minimum Gasteiger partial charge on any atom is -0.497 e. The molecule has 0 spiro atoms. The van der Waals surface area contributed by atoms with Crippen molar-refractivity contribution >= 4 is 11.8 Å². The molecular formula is C17H22N2O3. The summed E-state index contributed by atoms with van der Waals surface area (Å²) in [6.45, 7) is 2.04. The van der Waals surface area contributed by atoms with Gasteiger partial charge < -0.3 is 15.0 Å². The van der Waals surface area contributed by atoms with E-state index >= 15 is 0 Å². The molecule has 0 aromatic heterocycles. The van der Waals surface area contributed by atoms with Crippen LogP contribution in [0.3, 0.4) is 0 Å². The van der Waals surface area contributed by atoms with Gasteiger partial charge in [0.05, 0.1) is 7.11 Å². The van der Waals surface area contributed by atoms with Crippen LogP contribution < -0.4 is 10.1 Å². The second kappa shape index (κ2) is 5.99. The minimum atomic E-state index is -0.781. The maximum atomic E-state index is 12.5. The highest BCUT2D eigenvalue weighted by Crippen LogP contribution is 2.48. The highest BCUT2D eigenvalue weighted by molar-refractivity contribution is 6.07. The number of benzene rings is 1. The Balaban J connectivity index is 1.57. The maximum absolute atomic E-state index is 12.5. The zero-order valence-electron chi connectivity index (χ0n) is 12.9. The van der Waals surface area contributed by atoms with Crippen LogP contribution in [0, 0.1) is 5.41 Å². The van der Waals surface area contributed by atoms with Crippen molar-refractivity contribution < 1.29 is 14.3 Å². The lowest BCUT2D eigenvalue weighted by Crippen LogP contribution is -2.44. The molecule has 1 saturated carbocycles. The lowest BCUT2D eigenvalue weighted by atomic mass is 10.0. The van der Waals surface area contributed by atoms with E-state index in [1.54, 1.807) is 7.11 Å². The molecule has 2 fully saturated rings. The van der Waals surface area contributed by atoms with E-state index in [0.717, 1.165) is 37.2 Å². The highest BCUT2D eigenvalue weighted by Gasteiger charge is 2.58. The fourth-order valence-electron chi connectivity index (χ4n) is 2.98. The second-order valence-electron chi connectivity index (χ2n) is 6.11. The summed E-state index contributed by atoms with van der Waals surface area (Å²) in [6, 6.07) is 7.56. The van der Waals surface area contributed by atoms with Crippen molar-refractivity contribution in [2.45, 2.75) is 32.2 Å². The van der Waals surface area contributed by atoms with Crippen LogP contribution in [0.25, 0.3) is 0 Å². The average molecular weight is 302 g/mol. The summed E-state index contributed by atoms with van der Waals surface area (Å²) < 4.78 is 5.11. The molecule has 0 radical (unpaired) electrons. The third kappa shape index (κ3) is 2.80. The maximum Gasteiger partial charge on any atom is 0.238 e. The van der Waals surface area contributed by atoms with E-state index < -0.39 is 5.41 Å². The van der Waals surface area contributed by atoms with Crippen molar-refractivity contribution in [3.8, 4) is 5.75 Å². The third-order valence-electron chi connectivity index (χ3n) is 4.60. The number of hydrogen-bond acceptors (Lipinski definition) is 3. The van der Waals surface area contributed by atoms with Crippen molar-refractivity contribution in [1.29, 1.82) is 0 Å².